The monoisotopic (exact) mass is 314 g/mol. The lowest BCUT2D eigenvalue weighted by atomic mass is 10.2. The lowest BCUT2D eigenvalue weighted by molar-refractivity contribution is 0.297. The van der Waals surface area contributed by atoms with E-state index in [1.807, 2.05) is 0 Å². The fourth-order valence-corrected chi connectivity index (χ4v) is 2.21. The molecule has 0 fully saturated rings. The van der Waals surface area contributed by atoms with Gasteiger partial charge >= 0.3 is 0 Å². The molecule has 0 atom stereocenters. The minimum Gasteiger partial charge on any atom is -0.490 e. The van der Waals surface area contributed by atoms with Gasteiger partial charge in [0.1, 0.15) is 0 Å². The Morgan fingerprint density at radius 2 is 1.65 bits per heavy atom. The summed E-state index contributed by atoms with van der Waals surface area (Å²) in [5, 5.41) is -0.626. The Bertz CT molecular complexity index is 644. The third kappa shape index (κ3) is 2.51. The van der Waals surface area contributed by atoms with E-state index < -0.39 is 5.82 Å². The average Bonchev–Trinajstić information content (AvgIpc) is 2.68. The lowest BCUT2D eigenvalue weighted by Gasteiger charge is -2.09. The molecule has 0 spiro atoms. The topological polar surface area (TPSA) is 44.2 Å². The number of hydrogen-bond donors (Lipinski definition) is 0. The molecule has 0 saturated heterocycles. The molecule has 2 aromatic rings. The summed E-state index contributed by atoms with van der Waals surface area (Å²) in [7, 11) is 0. The van der Waals surface area contributed by atoms with E-state index in [0.717, 1.165) is 6.42 Å². The number of benzene rings is 1. The van der Waals surface area contributed by atoms with Gasteiger partial charge in [-0.1, -0.05) is 23.2 Å². The van der Waals surface area contributed by atoms with E-state index in [1.54, 1.807) is 18.2 Å². The maximum absolute atomic E-state index is 13.3. The highest BCUT2D eigenvalue weighted by molar-refractivity contribution is 6.33. The highest BCUT2D eigenvalue weighted by atomic mass is 35.5. The van der Waals surface area contributed by atoms with Crippen molar-refractivity contribution >= 4 is 23.2 Å². The van der Waals surface area contributed by atoms with Gasteiger partial charge in [-0.15, -0.1) is 0 Å². The predicted octanol–water partition coefficient (Wildman–Crippen LogP) is 3.75. The van der Waals surface area contributed by atoms with Crippen molar-refractivity contribution < 1.29 is 13.9 Å². The third-order valence-corrected chi connectivity index (χ3v) is 3.28. The molecule has 1 aromatic carbocycles. The molecule has 7 heteroatoms. The first-order valence-corrected chi connectivity index (χ1v) is 6.69. The number of hydrogen-bond acceptors (Lipinski definition) is 4. The van der Waals surface area contributed by atoms with Crippen LogP contribution in [0.2, 0.25) is 10.3 Å². The SMILES string of the molecule is Fc1c(Cl)nc(-c2ccc3c(c2)OCCCO3)nc1Cl. The summed E-state index contributed by atoms with van der Waals surface area (Å²) in [5.74, 6) is 0.661. The molecular weight excluding hydrogens is 306 g/mol. The average molecular weight is 315 g/mol. The van der Waals surface area contributed by atoms with E-state index >= 15 is 0 Å². The van der Waals surface area contributed by atoms with E-state index in [-0.39, 0.29) is 16.1 Å². The number of rotatable bonds is 1. The summed E-state index contributed by atoms with van der Waals surface area (Å²) < 4.78 is 24.4. The second kappa shape index (κ2) is 5.42. The molecule has 0 N–H and O–H groups in total. The molecule has 0 unspecified atom stereocenters. The molecule has 0 saturated carbocycles. The first-order chi connectivity index (χ1) is 9.65. The molecule has 3 rings (SSSR count). The predicted molar refractivity (Wildman–Crippen MR) is 73.1 cm³/mol. The van der Waals surface area contributed by atoms with Gasteiger partial charge in [-0.05, 0) is 18.2 Å². The standard InChI is InChI=1S/C13H9Cl2FN2O2/c14-11-10(16)12(15)18-13(17-11)7-2-3-8-9(6-7)20-5-1-4-19-8/h2-3,6H,1,4-5H2. The van der Waals surface area contributed by atoms with Crippen molar-refractivity contribution in [3.8, 4) is 22.9 Å². The zero-order valence-electron chi connectivity index (χ0n) is 10.2. The number of fused-ring (bicyclic) bond motifs is 1. The van der Waals surface area contributed by atoms with Gasteiger partial charge in [0.2, 0.25) is 0 Å². The van der Waals surface area contributed by atoms with Crippen LogP contribution in [0.3, 0.4) is 0 Å². The highest BCUT2D eigenvalue weighted by Gasteiger charge is 2.15. The summed E-state index contributed by atoms with van der Waals surface area (Å²) >= 11 is 11.3. The number of halogens is 3. The summed E-state index contributed by atoms with van der Waals surface area (Å²) in [6.07, 6.45) is 0.814. The van der Waals surface area contributed by atoms with Gasteiger partial charge in [0.25, 0.3) is 0 Å². The second-order valence-corrected chi connectivity index (χ2v) is 4.87. The molecule has 4 nitrogen and oxygen atoms in total. The van der Waals surface area contributed by atoms with E-state index in [4.69, 9.17) is 32.7 Å². The fraction of sp³-hybridized carbons (Fsp3) is 0.231. The van der Waals surface area contributed by atoms with Crippen LogP contribution in [-0.4, -0.2) is 23.2 Å². The Morgan fingerprint density at radius 3 is 2.35 bits per heavy atom. The van der Waals surface area contributed by atoms with Crippen molar-refractivity contribution in [2.24, 2.45) is 0 Å². The van der Waals surface area contributed by atoms with Crippen molar-refractivity contribution in [2.45, 2.75) is 6.42 Å². The zero-order valence-corrected chi connectivity index (χ0v) is 11.7. The second-order valence-electron chi connectivity index (χ2n) is 4.15. The van der Waals surface area contributed by atoms with Gasteiger partial charge in [0, 0.05) is 12.0 Å². The van der Waals surface area contributed by atoms with Crippen LogP contribution < -0.4 is 9.47 Å². The van der Waals surface area contributed by atoms with Gasteiger partial charge in [-0.3, -0.25) is 0 Å². The molecule has 2 heterocycles. The highest BCUT2D eigenvalue weighted by Crippen LogP contribution is 2.34. The van der Waals surface area contributed by atoms with Crippen LogP contribution in [0.1, 0.15) is 6.42 Å². The molecule has 0 radical (unpaired) electrons. The molecule has 1 aromatic heterocycles. The van der Waals surface area contributed by atoms with E-state index in [9.17, 15) is 4.39 Å². The van der Waals surface area contributed by atoms with Gasteiger partial charge in [-0.2, -0.15) is 0 Å². The van der Waals surface area contributed by atoms with Crippen molar-refractivity contribution in [3.05, 3.63) is 34.3 Å². The van der Waals surface area contributed by atoms with Crippen LogP contribution in [0, 0.1) is 5.82 Å². The van der Waals surface area contributed by atoms with Crippen LogP contribution in [0.15, 0.2) is 18.2 Å². The Hall–Kier alpha value is -1.59. The Balaban J connectivity index is 2.04. The van der Waals surface area contributed by atoms with Gasteiger partial charge in [-0.25, -0.2) is 14.4 Å². The van der Waals surface area contributed by atoms with Crippen molar-refractivity contribution in [3.63, 3.8) is 0 Å². The number of ether oxygens (including phenoxy) is 2. The quantitative estimate of drug-likeness (QED) is 0.752. The van der Waals surface area contributed by atoms with Gasteiger partial charge in [0.15, 0.2) is 33.4 Å². The molecule has 0 aliphatic carbocycles. The minimum absolute atomic E-state index is 0.233. The number of aromatic nitrogens is 2. The maximum atomic E-state index is 13.3. The summed E-state index contributed by atoms with van der Waals surface area (Å²) in [6.45, 7) is 1.18. The normalized spacial score (nSPS) is 13.9. The lowest BCUT2D eigenvalue weighted by Crippen LogP contribution is -1.97. The fourth-order valence-electron chi connectivity index (χ4n) is 1.83. The molecule has 0 bridgehead atoms. The Morgan fingerprint density at radius 1 is 1.00 bits per heavy atom. The largest absolute Gasteiger partial charge is 0.490 e. The Kier molecular flexibility index (Phi) is 3.63. The maximum Gasteiger partial charge on any atom is 0.197 e. The first kappa shape index (κ1) is 13.4. The molecule has 20 heavy (non-hydrogen) atoms. The van der Waals surface area contributed by atoms with Crippen molar-refractivity contribution in [1.82, 2.24) is 9.97 Å². The smallest absolute Gasteiger partial charge is 0.197 e. The van der Waals surface area contributed by atoms with Crippen LogP contribution in [0.5, 0.6) is 11.5 Å². The van der Waals surface area contributed by atoms with Crippen LogP contribution in [0.4, 0.5) is 4.39 Å². The van der Waals surface area contributed by atoms with Crippen LogP contribution >= 0.6 is 23.2 Å². The molecule has 0 amide bonds. The van der Waals surface area contributed by atoms with Gasteiger partial charge in [0.05, 0.1) is 13.2 Å². The van der Waals surface area contributed by atoms with E-state index in [1.165, 1.54) is 0 Å². The minimum atomic E-state index is -0.827. The molecule has 1 aliphatic heterocycles. The zero-order chi connectivity index (χ0) is 14.1. The van der Waals surface area contributed by atoms with Gasteiger partial charge < -0.3 is 9.47 Å². The molecule has 104 valence electrons. The number of nitrogens with zero attached hydrogens (tertiary/aromatic N) is 2. The first-order valence-electron chi connectivity index (χ1n) is 5.94. The van der Waals surface area contributed by atoms with Crippen molar-refractivity contribution in [1.29, 1.82) is 0 Å². The third-order valence-electron chi connectivity index (χ3n) is 2.78. The molecular formula is C13H9Cl2FN2O2. The summed E-state index contributed by atoms with van der Waals surface area (Å²) in [5.41, 5.74) is 0.623. The van der Waals surface area contributed by atoms with E-state index in [2.05, 4.69) is 9.97 Å². The van der Waals surface area contributed by atoms with Crippen LogP contribution in [0.25, 0.3) is 11.4 Å². The summed E-state index contributed by atoms with van der Waals surface area (Å²) in [4.78, 5) is 7.75. The Labute approximate surface area is 124 Å². The van der Waals surface area contributed by atoms with Crippen molar-refractivity contribution in [2.75, 3.05) is 13.2 Å². The summed E-state index contributed by atoms with van der Waals surface area (Å²) in [6, 6.07) is 5.22. The van der Waals surface area contributed by atoms with Crippen LogP contribution in [-0.2, 0) is 0 Å². The molecule has 1 aliphatic rings. The van der Waals surface area contributed by atoms with E-state index in [0.29, 0.717) is 30.3 Å².